The van der Waals surface area contributed by atoms with Crippen molar-refractivity contribution in [3.63, 3.8) is 0 Å². The number of hydrogen-bond acceptors (Lipinski definition) is 4. The summed E-state index contributed by atoms with van der Waals surface area (Å²) in [5, 5.41) is 20.0. The molecule has 0 aliphatic heterocycles. The molecule has 1 aromatic heterocycles. The van der Waals surface area contributed by atoms with Crippen LogP contribution in [0.5, 0.6) is 0 Å². The number of nitro groups is 1. The molecule has 0 aliphatic carbocycles. The fraction of sp³-hybridized carbons (Fsp3) is 0.200. The van der Waals surface area contributed by atoms with E-state index in [2.05, 4.69) is 4.42 Å². The van der Waals surface area contributed by atoms with Crippen LogP contribution >= 0.6 is 0 Å². The van der Waals surface area contributed by atoms with Crippen LogP contribution in [-0.4, -0.2) is 4.92 Å². The molecule has 0 bridgehead atoms. The molecule has 0 atom stereocenters. The number of hydrogen-bond donors (Lipinski definition) is 0. The van der Waals surface area contributed by atoms with Crippen LogP contribution < -0.4 is 56.5 Å². The molecule has 0 unspecified atom stereocenters. The summed E-state index contributed by atoms with van der Waals surface area (Å²) in [7, 11) is 0. The molecule has 1 aromatic rings. The Hall–Kier alpha value is 0.276. The largest absolute Gasteiger partial charge is 1.00 e. The Kier molecular flexibility index (Phi) is 5.14. The number of rotatable bonds is 2. The van der Waals surface area contributed by atoms with E-state index >= 15 is 0 Å². The maximum atomic E-state index is 10.1. The smallest absolute Gasteiger partial charge is 0.849 e. The number of nitrogens with zero attached hydrogens (tertiary/aromatic N) is 1. The van der Waals surface area contributed by atoms with E-state index < -0.39 is 11.5 Å². The van der Waals surface area contributed by atoms with Crippen LogP contribution in [0.4, 0.5) is 5.88 Å². The van der Waals surface area contributed by atoms with Gasteiger partial charge in [0.05, 0.1) is 11.8 Å². The SMILES string of the molecule is O=[N+]([O-])c1ccc(C[O-])o1.[K+]. The van der Waals surface area contributed by atoms with Gasteiger partial charge in [0.2, 0.25) is 0 Å². The van der Waals surface area contributed by atoms with Crippen molar-refractivity contribution in [2.75, 3.05) is 0 Å². The summed E-state index contributed by atoms with van der Waals surface area (Å²) in [4.78, 5) is 9.26. The van der Waals surface area contributed by atoms with Crippen LogP contribution in [0.25, 0.3) is 0 Å². The van der Waals surface area contributed by atoms with Crippen LogP contribution in [0.15, 0.2) is 16.5 Å². The predicted molar refractivity (Wildman–Crippen MR) is 29.1 cm³/mol. The Bertz CT molecular complexity index is 246. The Balaban J connectivity index is 0.000001000. The summed E-state index contributed by atoms with van der Waals surface area (Å²) in [5.74, 6) is -0.294. The van der Waals surface area contributed by atoms with Gasteiger partial charge in [-0.25, -0.2) is 0 Å². The summed E-state index contributed by atoms with van der Waals surface area (Å²) in [6, 6.07) is 2.46. The van der Waals surface area contributed by atoms with Crippen LogP contribution in [0.1, 0.15) is 5.76 Å². The summed E-state index contributed by atoms with van der Waals surface area (Å²) >= 11 is 0. The van der Waals surface area contributed by atoms with E-state index in [0.29, 0.717) is 0 Å². The Labute approximate surface area is 105 Å². The van der Waals surface area contributed by atoms with Gasteiger partial charge in [0.25, 0.3) is 0 Å². The fourth-order valence-corrected chi connectivity index (χ4v) is 0.542. The van der Waals surface area contributed by atoms with Crippen molar-refractivity contribution in [2.24, 2.45) is 0 Å². The average Bonchev–Trinajstić information content (AvgIpc) is 2.34. The van der Waals surface area contributed by atoms with Crippen molar-refractivity contribution >= 4 is 5.88 Å². The first-order valence-corrected chi connectivity index (χ1v) is 2.55. The van der Waals surface area contributed by atoms with Gasteiger partial charge in [-0.2, -0.15) is 0 Å². The zero-order valence-corrected chi connectivity index (χ0v) is 9.07. The molecule has 11 heavy (non-hydrogen) atoms. The molecule has 0 N–H and O–H groups in total. The molecule has 6 heteroatoms. The molecule has 54 valence electrons. The summed E-state index contributed by atoms with van der Waals surface area (Å²) in [6.45, 7) is -0.562. The molecular formula is C5H4KNO4. The molecule has 0 fully saturated rings. The molecule has 1 rings (SSSR count). The molecule has 1 heterocycles. The van der Waals surface area contributed by atoms with Crippen molar-refractivity contribution in [3.8, 4) is 0 Å². The second-order valence-corrected chi connectivity index (χ2v) is 1.64. The quantitative estimate of drug-likeness (QED) is 0.277. The zero-order valence-electron chi connectivity index (χ0n) is 5.94. The minimum absolute atomic E-state index is 0. The second-order valence-electron chi connectivity index (χ2n) is 1.64. The molecular weight excluding hydrogens is 177 g/mol. The predicted octanol–water partition coefficient (Wildman–Crippen LogP) is -2.95. The van der Waals surface area contributed by atoms with E-state index in [4.69, 9.17) is 0 Å². The maximum Gasteiger partial charge on any atom is 1.00 e. The molecule has 0 radical (unpaired) electrons. The van der Waals surface area contributed by atoms with Crippen LogP contribution in [0.3, 0.4) is 0 Å². The summed E-state index contributed by atoms with van der Waals surface area (Å²) in [6.07, 6.45) is 0. The van der Waals surface area contributed by atoms with Crippen LogP contribution in [-0.2, 0) is 6.61 Å². The van der Waals surface area contributed by atoms with E-state index in [-0.39, 0.29) is 63.0 Å². The van der Waals surface area contributed by atoms with Crippen LogP contribution in [0.2, 0.25) is 0 Å². The first-order valence-electron chi connectivity index (χ1n) is 2.55. The van der Waals surface area contributed by atoms with Gasteiger partial charge in [-0.1, -0.05) is 6.61 Å². The van der Waals surface area contributed by atoms with E-state index in [0.717, 1.165) is 6.07 Å². The standard InChI is InChI=1S/C5H4NO4.K/c7-3-4-1-2-5(10-4)6(8)9;/h1-2H,3H2;/q-1;+1. The molecule has 0 aromatic carbocycles. The van der Waals surface area contributed by atoms with E-state index in [1.165, 1.54) is 6.07 Å². The zero-order chi connectivity index (χ0) is 7.56. The van der Waals surface area contributed by atoms with Crippen molar-refractivity contribution < 1.29 is 65.8 Å². The first-order chi connectivity index (χ1) is 4.74. The van der Waals surface area contributed by atoms with E-state index in [1.54, 1.807) is 0 Å². The third kappa shape index (κ3) is 3.02. The molecule has 0 saturated heterocycles. The fourth-order valence-electron chi connectivity index (χ4n) is 0.542. The molecule has 0 spiro atoms. The Morgan fingerprint density at radius 3 is 2.45 bits per heavy atom. The van der Waals surface area contributed by atoms with Gasteiger partial charge in [-0.15, -0.1) is 0 Å². The number of furan rings is 1. The third-order valence-electron chi connectivity index (χ3n) is 0.970. The monoisotopic (exact) mass is 181 g/mol. The Morgan fingerprint density at radius 2 is 2.18 bits per heavy atom. The van der Waals surface area contributed by atoms with Gasteiger partial charge >= 0.3 is 57.3 Å². The van der Waals surface area contributed by atoms with Gasteiger partial charge in [-0.05, 0) is 6.07 Å². The first kappa shape index (κ1) is 11.3. The minimum Gasteiger partial charge on any atom is -0.849 e. The molecule has 0 amide bonds. The molecule has 5 nitrogen and oxygen atoms in total. The van der Waals surface area contributed by atoms with Crippen molar-refractivity contribution in [3.05, 3.63) is 28.0 Å². The normalized spacial score (nSPS) is 8.82. The van der Waals surface area contributed by atoms with Crippen molar-refractivity contribution in [1.29, 1.82) is 0 Å². The minimum atomic E-state index is -0.681. The molecule has 0 aliphatic rings. The van der Waals surface area contributed by atoms with Crippen LogP contribution in [0, 0.1) is 10.1 Å². The summed E-state index contributed by atoms with van der Waals surface area (Å²) in [5.41, 5.74) is 0. The van der Waals surface area contributed by atoms with Gasteiger partial charge in [0, 0.05) is 0 Å². The van der Waals surface area contributed by atoms with Crippen molar-refractivity contribution in [1.82, 2.24) is 0 Å². The maximum absolute atomic E-state index is 10.1. The molecule has 0 saturated carbocycles. The topological polar surface area (TPSA) is 79.3 Å². The van der Waals surface area contributed by atoms with Gasteiger partial charge in [-0.3, -0.25) is 10.1 Å². The second kappa shape index (κ2) is 5.02. The van der Waals surface area contributed by atoms with Gasteiger partial charge in [0.15, 0.2) is 0 Å². The third-order valence-corrected chi connectivity index (χ3v) is 0.970. The van der Waals surface area contributed by atoms with Crippen molar-refractivity contribution in [2.45, 2.75) is 6.61 Å². The van der Waals surface area contributed by atoms with Gasteiger partial charge in [0.1, 0.15) is 4.92 Å². The average molecular weight is 181 g/mol. The Morgan fingerprint density at radius 1 is 1.55 bits per heavy atom. The summed E-state index contributed by atoms with van der Waals surface area (Å²) < 4.78 is 4.48. The van der Waals surface area contributed by atoms with E-state index in [1.807, 2.05) is 0 Å². The van der Waals surface area contributed by atoms with E-state index in [9.17, 15) is 15.2 Å². The van der Waals surface area contributed by atoms with Gasteiger partial charge < -0.3 is 9.52 Å².